The molecule has 2 aliphatic rings. The van der Waals surface area contributed by atoms with Gasteiger partial charge in [0, 0.05) is 48.2 Å². The van der Waals surface area contributed by atoms with Gasteiger partial charge in [-0.05, 0) is 54.2 Å². The molecular formula is C39H45ClN4O3. The Morgan fingerprint density at radius 3 is 2.28 bits per heavy atom. The summed E-state index contributed by atoms with van der Waals surface area (Å²) in [5, 5.41) is 11.3. The summed E-state index contributed by atoms with van der Waals surface area (Å²) in [6.07, 6.45) is 10.3. The molecule has 1 aliphatic heterocycles. The molecule has 1 aliphatic carbocycles. The number of benzene rings is 3. The molecule has 2 N–H and O–H groups in total. The van der Waals surface area contributed by atoms with Crippen molar-refractivity contribution < 1.29 is 14.1 Å². The number of carbonyl (C=O) groups is 2. The van der Waals surface area contributed by atoms with Gasteiger partial charge in [-0.3, -0.25) is 9.59 Å². The van der Waals surface area contributed by atoms with Gasteiger partial charge < -0.3 is 20.1 Å². The highest BCUT2D eigenvalue weighted by Crippen LogP contribution is 2.30. The van der Waals surface area contributed by atoms with E-state index in [-0.39, 0.29) is 35.5 Å². The van der Waals surface area contributed by atoms with Gasteiger partial charge in [0.25, 0.3) is 5.91 Å². The van der Waals surface area contributed by atoms with Gasteiger partial charge in [-0.1, -0.05) is 122 Å². The van der Waals surface area contributed by atoms with Gasteiger partial charge in [-0.15, -0.1) is 0 Å². The minimum Gasteiger partial charge on any atom is -0.355 e. The maximum atomic E-state index is 14.2. The monoisotopic (exact) mass is 652 g/mol. The van der Waals surface area contributed by atoms with E-state index in [0.29, 0.717) is 30.4 Å². The first kappa shape index (κ1) is 33.0. The number of amides is 2. The highest BCUT2D eigenvalue weighted by molar-refractivity contribution is 6.30. The molecule has 8 heteroatoms. The Labute approximate surface area is 283 Å². The fourth-order valence-electron chi connectivity index (χ4n) is 7.15. The van der Waals surface area contributed by atoms with Crippen LogP contribution >= 0.6 is 11.6 Å². The number of rotatable bonds is 12. The number of carbonyl (C=O) groups excluding carboxylic acids is 2. The second-order valence-electron chi connectivity index (χ2n) is 13.1. The quantitative estimate of drug-likeness (QED) is 0.163. The summed E-state index contributed by atoms with van der Waals surface area (Å²) < 4.78 is 5.45. The molecule has 1 saturated heterocycles. The third kappa shape index (κ3) is 8.91. The molecule has 2 atom stereocenters. The smallest absolute Gasteiger partial charge is 0.273 e. The van der Waals surface area contributed by atoms with Crippen molar-refractivity contribution in [3.8, 4) is 11.3 Å². The predicted octanol–water partition coefficient (Wildman–Crippen LogP) is 7.87. The van der Waals surface area contributed by atoms with Gasteiger partial charge in [0.05, 0.1) is 6.04 Å². The van der Waals surface area contributed by atoms with Gasteiger partial charge in [0.1, 0.15) is 0 Å². The van der Waals surface area contributed by atoms with Crippen molar-refractivity contribution in [2.75, 3.05) is 19.6 Å². The van der Waals surface area contributed by atoms with Crippen LogP contribution in [0.25, 0.3) is 11.3 Å². The maximum Gasteiger partial charge on any atom is 0.273 e. The lowest BCUT2D eigenvalue weighted by Crippen LogP contribution is -2.49. The van der Waals surface area contributed by atoms with Crippen LogP contribution in [0.4, 0.5) is 0 Å². The van der Waals surface area contributed by atoms with E-state index < -0.39 is 0 Å². The third-order valence-corrected chi connectivity index (χ3v) is 10.1. The van der Waals surface area contributed by atoms with Crippen LogP contribution in [0.5, 0.6) is 0 Å². The number of nitrogens with one attached hydrogen (secondary N) is 2. The summed E-state index contributed by atoms with van der Waals surface area (Å²) in [7, 11) is 0. The van der Waals surface area contributed by atoms with Gasteiger partial charge in [-0.2, -0.15) is 0 Å². The zero-order chi connectivity index (χ0) is 32.4. The van der Waals surface area contributed by atoms with Crippen molar-refractivity contribution in [1.29, 1.82) is 0 Å². The van der Waals surface area contributed by atoms with E-state index in [1.807, 2.05) is 24.3 Å². The summed E-state index contributed by atoms with van der Waals surface area (Å²) in [5.74, 6) is 1.21. The highest BCUT2D eigenvalue weighted by Gasteiger charge is 2.33. The molecule has 246 valence electrons. The van der Waals surface area contributed by atoms with Crippen LogP contribution in [0.2, 0.25) is 5.02 Å². The van der Waals surface area contributed by atoms with E-state index in [9.17, 15) is 9.59 Å². The van der Waals surface area contributed by atoms with E-state index >= 15 is 0 Å². The molecule has 0 unspecified atom stereocenters. The van der Waals surface area contributed by atoms with Gasteiger partial charge in [-0.25, -0.2) is 0 Å². The third-order valence-electron chi connectivity index (χ3n) is 9.81. The molecule has 1 aromatic heterocycles. The summed E-state index contributed by atoms with van der Waals surface area (Å²) >= 11 is 6.01. The Morgan fingerprint density at radius 1 is 0.915 bits per heavy atom. The summed E-state index contributed by atoms with van der Waals surface area (Å²) in [5.41, 5.74) is 3.42. The molecule has 0 spiro atoms. The lowest BCUT2D eigenvalue weighted by molar-refractivity contribution is -0.133. The number of halogens is 1. The molecule has 2 fully saturated rings. The average molecular weight is 653 g/mol. The van der Waals surface area contributed by atoms with Crippen molar-refractivity contribution in [3.63, 3.8) is 0 Å². The molecule has 0 bridgehead atoms. The van der Waals surface area contributed by atoms with Crippen molar-refractivity contribution in [2.24, 2.45) is 5.92 Å². The van der Waals surface area contributed by atoms with Crippen molar-refractivity contribution in [2.45, 2.75) is 75.8 Å². The van der Waals surface area contributed by atoms with Crippen LogP contribution in [0, 0.1) is 5.92 Å². The van der Waals surface area contributed by atoms with Gasteiger partial charge in [0.15, 0.2) is 11.5 Å². The van der Waals surface area contributed by atoms with Crippen LogP contribution in [0.15, 0.2) is 95.5 Å². The molecule has 7 nitrogen and oxygen atoms in total. The zero-order valence-electron chi connectivity index (χ0n) is 27.0. The Kier molecular flexibility index (Phi) is 11.4. The molecule has 2 amide bonds. The fraction of sp³-hybridized carbons (Fsp3) is 0.410. The molecule has 4 aromatic rings. The maximum absolute atomic E-state index is 14.2. The molecule has 3 aromatic carbocycles. The summed E-state index contributed by atoms with van der Waals surface area (Å²) in [6.45, 7) is 1.62. The molecular weight excluding hydrogens is 608 g/mol. The standard InChI is InChI=1S/C39H45ClN4O3/c40-32-21-19-31(20-22-32)37-25-36(43-47-37)38(45)41-26-33-23-24-44(39(46)35(42-33)18-10-13-28-11-4-1-5-12-28)27-34(29-14-6-2-7-15-29)30-16-8-3-9-17-30/h2-3,6-9,14-17,19-22,25,28,33-35,42H,1,4-5,10-13,18,23-24,26-27H2,(H,41,45)/t33-,35-/m0/s1. The Bertz CT molecular complexity index is 1530. The second kappa shape index (κ2) is 16.2. The first-order chi connectivity index (χ1) is 23.0. The Morgan fingerprint density at radius 2 is 1.60 bits per heavy atom. The van der Waals surface area contributed by atoms with E-state index in [4.69, 9.17) is 16.1 Å². The van der Waals surface area contributed by atoms with E-state index in [1.165, 1.54) is 49.7 Å². The molecule has 1 saturated carbocycles. The topological polar surface area (TPSA) is 87.5 Å². The number of hydrogen-bond acceptors (Lipinski definition) is 5. The largest absolute Gasteiger partial charge is 0.355 e. The minimum absolute atomic E-state index is 0.0536. The fourth-order valence-corrected chi connectivity index (χ4v) is 7.28. The summed E-state index contributed by atoms with van der Waals surface area (Å²) in [6, 6.07) is 29.5. The van der Waals surface area contributed by atoms with Gasteiger partial charge in [0.2, 0.25) is 5.91 Å². The van der Waals surface area contributed by atoms with Crippen LogP contribution in [0.3, 0.4) is 0 Å². The van der Waals surface area contributed by atoms with Crippen molar-refractivity contribution >= 4 is 23.4 Å². The van der Waals surface area contributed by atoms with Crippen LogP contribution in [0.1, 0.15) is 85.3 Å². The number of nitrogens with zero attached hydrogens (tertiary/aromatic N) is 2. The lowest BCUT2D eigenvalue weighted by atomic mass is 9.85. The zero-order valence-corrected chi connectivity index (χ0v) is 27.7. The molecule has 47 heavy (non-hydrogen) atoms. The normalized spacial score (nSPS) is 19.1. The Balaban J connectivity index is 1.14. The van der Waals surface area contributed by atoms with E-state index in [0.717, 1.165) is 30.7 Å². The second-order valence-corrected chi connectivity index (χ2v) is 13.5. The van der Waals surface area contributed by atoms with E-state index in [2.05, 4.69) is 69.2 Å². The van der Waals surface area contributed by atoms with Crippen LogP contribution < -0.4 is 10.6 Å². The Hall–Kier alpha value is -3.94. The first-order valence-corrected chi connectivity index (χ1v) is 17.6. The molecule has 0 radical (unpaired) electrons. The average Bonchev–Trinajstić information content (AvgIpc) is 3.56. The van der Waals surface area contributed by atoms with Crippen molar-refractivity contribution in [3.05, 3.63) is 113 Å². The lowest BCUT2D eigenvalue weighted by Gasteiger charge is -2.30. The van der Waals surface area contributed by atoms with E-state index in [1.54, 1.807) is 18.2 Å². The molecule has 6 rings (SSSR count). The number of aromatic nitrogens is 1. The SMILES string of the molecule is O=C(NC[C@@H]1CCN(CC(c2ccccc2)c2ccccc2)C(=O)[C@H](CCCC2CCCCC2)N1)c1cc(-c2ccc(Cl)cc2)on1. The van der Waals surface area contributed by atoms with Crippen molar-refractivity contribution in [1.82, 2.24) is 20.7 Å². The van der Waals surface area contributed by atoms with Crippen LogP contribution in [-0.2, 0) is 4.79 Å². The first-order valence-electron chi connectivity index (χ1n) is 17.2. The molecule has 2 heterocycles. The van der Waals surface area contributed by atoms with Crippen LogP contribution in [-0.4, -0.2) is 53.6 Å². The summed E-state index contributed by atoms with van der Waals surface area (Å²) in [4.78, 5) is 29.4. The predicted molar refractivity (Wildman–Crippen MR) is 186 cm³/mol. The number of hydrogen-bond donors (Lipinski definition) is 2. The van der Waals surface area contributed by atoms with Gasteiger partial charge >= 0.3 is 0 Å². The minimum atomic E-state index is -0.301. The highest BCUT2D eigenvalue weighted by atomic mass is 35.5.